The Balaban J connectivity index is 1.41. The average Bonchev–Trinajstić information content (AvgIpc) is 2.81. The Morgan fingerprint density at radius 2 is 1.93 bits per heavy atom. The summed E-state index contributed by atoms with van der Waals surface area (Å²) in [6, 6.07) is 8.24. The fourth-order valence-electron chi connectivity index (χ4n) is 3.99. The maximum Gasteiger partial charge on any atom is 0.194 e. The monoisotopic (exact) mass is 418 g/mol. The van der Waals surface area contributed by atoms with E-state index in [-0.39, 0.29) is 0 Å². The van der Waals surface area contributed by atoms with Crippen molar-refractivity contribution in [1.29, 1.82) is 0 Å². The minimum atomic E-state index is 0.666. The van der Waals surface area contributed by atoms with Crippen LogP contribution < -0.4 is 15.0 Å². The van der Waals surface area contributed by atoms with E-state index in [2.05, 4.69) is 34.2 Å². The number of benzene rings is 1. The summed E-state index contributed by atoms with van der Waals surface area (Å²) in [4.78, 5) is 9.59. The van der Waals surface area contributed by atoms with Gasteiger partial charge in [-0.25, -0.2) is 0 Å². The number of hydrogen-bond donors (Lipinski definition) is 1. The summed E-state index contributed by atoms with van der Waals surface area (Å²) in [5, 5.41) is 3.45. The molecule has 0 spiro atoms. The fourth-order valence-corrected chi connectivity index (χ4v) is 3.99. The average molecular weight is 419 g/mol. The molecule has 2 aliphatic heterocycles. The highest BCUT2D eigenvalue weighted by atomic mass is 16.5. The predicted molar refractivity (Wildman–Crippen MR) is 122 cm³/mol. The van der Waals surface area contributed by atoms with Gasteiger partial charge in [0.2, 0.25) is 0 Å². The highest BCUT2D eigenvalue weighted by Gasteiger charge is 2.21. The van der Waals surface area contributed by atoms with Crippen LogP contribution in [0.15, 0.2) is 29.3 Å². The Labute approximate surface area is 181 Å². The van der Waals surface area contributed by atoms with Crippen molar-refractivity contribution in [2.24, 2.45) is 10.9 Å². The summed E-state index contributed by atoms with van der Waals surface area (Å²) in [7, 11) is 1.73. The molecule has 7 nitrogen and oxygen atoms in total. The van der Waals surface area contributed by atoms with Crippen LogP contribution in [0.2, 0.25) is 0 Å². The van der Waals surface area contributed by atoms with Gasteiger partial charge in [-0.05, 0) is 44.2 Å². The first-order valence-electron chi connectivity index (χ1n) is 11.4. The lowest BCUT2D eigenvalue weighted by Gasteiger charge is -2.38. The van der Waals surface area contributed by atoms with E-state index in [9.17, 15) is 0 Å². The Bertz CT molecular complexity index is 641. The van der Waals surface area contributed by atoms with Crippen molar-refractivity contribution in [3.05, 3.63) is 24.3 Å². The molecular weight excluding hydrogens is 380 g/mol. The van der Waals surface area contributed by atoms with Crippen LogP contribution in [0.5, 0.6) is 5.75 Å². The van der Waals surface area contributed by atoms with E-state index in [1.54, 1.807) is 7.11 Å². The first-order chi connectivity index (χ1) is 14.8. The van der Waals surface area contributed by atoms with Crippen LogP contribution in [-0.2, 0) is 9.47 Å². The van der Waals surface area contributed by atoms with Gasteiger partial charge >= 0.3 is 0 Å². The zero-order valence-corrected chi connectivity index (χ0v) is 18.6. The van der Waals surface area contributed by atoms with Crippen molar-refractivity contribution < 1.29 is 14.2 Å². The van der Waals surface area contributed by atoms with E-state index < -0.39 is 0 Å². The Morgan fingerprint density at radius 3 is 2.67 bits per heavy atom. The number of hydrogen-bond acceptors (Lipinski definition) is 5. The number of ether oxygens (including phenoxy) is 3. The van der Waals surface area contributed by atoms with Crippen LogP contribution >= 0.6 is 0 Å². The van der Waals surface area contributed by atoms with Crippen LogP contribution in [0.25, 0.3) is 0 Å². The lowest BCUT2D eigenvalue weighted by Crippen LogP contribution is -2.52. The molecule has 7 heteroatoms. The SMILES string of the molecule is CCNC(=NCCCOCC1CCOCC1)N1CCN(c2ccccc2OC)CC1. The molecule has 0 aliphatic carbocycles. The van der Waals surface area contributed by atoms with Gasteiger partial charge in [-0.2, -0.15) is 0 Å². The van der Waals surface area contributed by atoms with Crippen LogP contribution in [0.3, 0.4) is 0 Å². The van der Waals surface area contributed by atoms with E-state index in [0.717, 1.165) is 96.7 Å². The van der Waals surface area contributed by atoms with E-state index >= 15 is 0 Å². The minimum Gasteiger partial charge on any atom is -0.495 e. The van der Waals surface area contributed by atoms with E-state index in [1.807, 2.05) is 12.1 Å². The quantitative estimate of drug-likeness (QED) is 0.378. The molecule has 0 radical (unpaired) electrons. The molecule has 2 aliphatic rings. The first-order valence-corrected chi connectivity index (χ1v) is 11.4. The second-order valence-corrected chi connectivity index (χ2v) is 7.87. The Kier molecular flexibility index (Phi) is 9.57. The summed E-state index contributed by atoms with van der Waals surface area (Å²) in [6.07, 6.45) is 3.21. The molecule has 0 unspecified atom stereocenters. The van der Waals surface area contributed by atoms with Gasteiger partial charge in [0.1, 0.15) is 5.75 Å². The molecule has 0 bridgehead atoms. The summed E-state index contributed by atoms with van der Waals surface area (Å²) in [5.41, 5.74) is 1.17. The van der Waals surface area contributed by atoms with Gasteiger partial charge < -0.3 is 29.3 Å². The van der Waals surface area contributed by atoms with Crippen molar-refractivity contribution >= 4 is 11.6 Å². The molecule has 1 aromatic rings. The molecular formula is C23H38N4O3. The molecule has 1 N–H and O–H groups in total. The standard InChI is InChI=1S/C23H38N4O3/c1-3-24-23(25-11-6-16-30-19-20-9-17-29-18-10-20)27-14-12-26(13-15-27)21-7-4-5-8-22(21)28-2/h4-5,7-8,20H,3,6,9-19H2,1-2H3,(H,24,25). The third-order valence-corrected chi connectivity index (χ3v) is 5.74. The molecule has 2 heterocycles. The molecule has 2 fully saturated rings. The largest absolute Gasteiger partial charge is 0.495 e. The van der Waals surface area contributed by atoms with Crippen molar-refractivity contribution in [2.45, 2.75) is 26.2 Å². The van der Waals surface area contributed by atoms with E-state index in [4.69, 9.17) is 19.2 Å². The highest BCUT2D eigenvalue weighted by Crippen LogP contribution is 2.28. The van der Waals surface area contributed by atoms with Gasteiger partial charge in [0.25, 0.3) is 0 Å². The van der Waals surface area contributed by atoms with Crippen LogP contribution in [-0.4, -0.2) is 83.7 Å². The smallest absolute Gasteiger partial charge is 0.194 e. The van der Waals surface area contributed by atoms with Crippen LogP contribution in [0.1, 0.15) is 26.2 Å². The Hall–Kier alpha value is -1.99. The summed E-state index contributed by atoms with van der Waals surface area (Å²) in [6.45, 7) is 11.0. The molecule has 0 atom stereocenters. The number of piperazine rings is 1. The number of anilines is 1. The predicted octanol–water partition coefficient (Wildman–Crippen LogP) is 2.62. The number of nitrogens with zero attached hydrogens (tertiary/aromatic N) is 3. The molecule has 0 amide bonds. The number of guanidine groups is 1. The zero-order valence-electron chi connectivity index (χ0n) is 18.6. The van der Waals surface area contributed by atoms with Gasteiger partial charge in [-0.15, -0.1) is 0 Å². The lowest BCUT2D eigenvalue weighted by atomic mass is 10.0. The molecule has 30 heavy (non-hydrogen) atoms. The second-order valence-electron chi connectivity index (χ2n) is 7.87. The maximum atomic E-state index is 5.87. The highest BCUT2D eigenvalue weighted by molar-refractivity contribution is 5.80. The number of nitrogens with one attached hydrogen (secondary N) is 1. The van der Waals surface area contributed by atoms with Gasteiger partial charge in [-0.1, -0.05) is 12.1 Å². The maximum absolute atomic E-state index is 5.87. The van der Waals surface area contributed by atoms with Crippen molar-refractivity contribution in [3.63, 3.8) is 0 Å². The van der Waals surface area contributed by atoms with Crippen molar-refractivity contribution in [3.8, 4) is 5.75 Å². The fraction of sp³-hybridized carbons (Fsp3) is 0.696. The zero-order chi connectivity index (χ0) is 21.0. The van der Waals surface area contributed by atoms with Gasteiger partial charge in [0, 0.05) is 65.7 Å². The molecule has 168 valence electrons. The summed E-state index contributed by atoms with van der Waals surface area (Å²) in [5.74, 6) is 2.62. The van der Waals surface area contributed by atoms with Gasteiger partial charge in [0.15, 0.2) is 5.96 Å². The van der Waals surface area contributed by atoms with Gasteiger partial charge in [-0.3, -0.25) is 4.99 Å². The molecule has 3 rings (SSSR count). The first kappa shape index (κ1) is 22.7. The van der Waals surface area contributed by atoms with Crippen molar-refractivity contribution in [2.75, 3.05) is 77.7 Å². The molecule has 2 saturated heterocycles. The van der Waals surface area contributed by atoms with Gasteiger partial charge in [0.05, 0.1) is 12.8 Å². The van der Waals surface area contributed by atoms with Crippen LogP contribution in [0, 0.1) is 5.92 Å². The molecule has 0 saturated carbocycles. The Morgan fingerprint density at radius 1 is 1.17 bits per heavy atom. The molecule has 1 aromatic carbocycles. The second kappa shape index (κ2) is 12.6. The lowest BCUT2D eigenvalue weighted by molar-refractivity contribution is 0.0205. The third kappa shape index (κ3) is 6.77. The normalized spacial score (nSPS) is 18.5. The number of aliphatic imine (C=N–C) groups is 1. The molecule has 0 aromatic heterocycles. The third-order valence-electron chi connectivity index (χ3n) is 5.74. The van der Waals surface area contributed by atoms with E-state index in [1.165, 1.54) is 5.69 Å². The van der Waals surface area contributed by atoms with E-state index in [0.29, 0.717) is 5.92 Å². The summed E-state index contributed by atoms with van der Waals surface area (Å²) >= 11 is 0. The number of para-hydroxylation sites is 2. The summed E-state index contributed by atoms with van der Waals surface area (Å²) < 4.78 is 16.8. The minimum absolute atomic E-state index is 0.666. The topological polar surface area (TPSA) is 58.6 Å². The van der Waals surface area contributed by atoms with Crippen LogP contribution in [0.4, 0.5) is 5.69 Å². The van der Waals surface area contributed by atoms with Crippen molar-refractivity contribution in [1.82, 2.24) is 10.2 Å². The number of methoxy groups -OCH3 is 1. The number of rotatable bonds is 9.